The number of nitrogens with one attached hydrogen (secondary N) is 2. The Balaban J connectivity index is 2.11. The molecule has 2 N–H and O–H groups in total. The van der Waals surface area contributed by atoms with Crippen LogP contribution in [0.15, 0.2) is 36.9 Å². The predicted molar refractivity (Wildman–Crippen MR) is 82.7 cm³/mol. The van der Waals surface area contributed by atoms with Gasteiger partial charge in [0.1, 0.15) is 0 Å². The molecular weight excluding hydrogens is 250 g/mol. The Morgan fingerprint density at radius 2 is 2.05 bits per heavy atom. The van der Waals surface area contributed by atoms with E-state index in [0.29, 0.717) is 6.04 Å². The topological polar surface area (TPSA) is 44.4 Å². The summed E-state index contributed by atoms with van der Waals surface area (Å²) in [7, 11) is 0. The van der Waals surface area contributed by atoms with Crippen LogP contribution >= 0.6 is 0 Å². The average molecular weight is 273 g/mol. The Bertz CT molecular complexity index is 449. The number of nitrogens with zero attached hydrogens (tertiary/aromatic N) is 1. The molecule has 1 aliphatic heterocycles. The second-order valence-corrected chi connectivity index (χ2v) is 5.13. The van der Waals surface area contributed by atoms with Crippen molar-refractivity contribution >= 4 is 11.6 Å². The van der Waals surface area contributed by atoms with Crippen LogP contribution in [0.4, 0.5) is 5.69 Å². The molecular formula is C16H23N3O. The minimum Gasteiger partial charge on any atom is -0.326 e. The Hall–Kier alpha value is -1.65. The number of carbonyl (C=O) groups excluding carboxylic acids is 1. The zero-order chi connectivity index (χ0) is 14.4. The summed E-state index contributed by atoms with van der Waals surface area (Å²) in [6.45, 7) is 9.60. The fraction of sp³-hybridized carbons (Fsp3) is 0.438. The van der Waals surface area contributed by atoms with Crippen molar-refractivity contribution in [3.63, 3.8) is 0 Å². The van der Waals surface area contributed by atoms with Gasteiger partial charge in [-0.2, -0.15) is 0 Å². The second kappa shape index (κ2) is 7.22. The fourth-order valence-corrected chi connectivity index (χ4v) is 2.64. The molecule has 1 saturated heterocycles. The van der Waals surface area contributed by atoms with Crippen LogP contribution in [0, 0.1) is 0 Å². The van der Waals surface area contributed by atoms with Crippen molar-refractivity contribution in [3.05, 3.63) is 42.5 Å². The molecule has 1 fully saturated rings. The Morgan fingerprint density at radius 1 is 1.40 bits per heavy atom. The molecule has 0 bridgehead atoms. The van der Waals surface area contributed by atoms with Crippen LogP contribution in [0.25, 0.3) is 0 Å². The van der Waals surface area contributed by atoms with Gasteiger partial charge in [0.25, 0.3) is 0 Å². The quantitative estimate of drug-likeness (QED) is 0.808. The van der Waals surface area contributed by atoms with Crippen molar-refractivity contribution in [3.8, 4) is 0 Å². The summed E-state index contributed by atoms with van der Waals surface area (Å²) in [5, 5.41) is 6.18. The molecule has 0 saturated carbocycles. The van der Waals surface area contributed by atoms with E-state index >= 15 is 0 Å². The highest BCUT2D eigenvalue weighted by atomic mass is 16.1. The highest BCUT2D eigenvalue weighted by Gasteiger charge is 2.20. The molecule has 1 aromatic rings. The molecule has 2 rings (SSSR count). The number of benzene rings is 1. The van der Waals surface area contributed by atoms with E-state index in [1.165, 1.54) is 12.5 Å². The van der Waals surface area contributed by atoms with Crippen LogP contribution in [0.1, 0.15) is 24.9 Å². The maximum Gasteiger partial charge on any atom is 0.221 e. The normalized spacial score (nSPS) is 17.4. The molecule has 1 amide bonds. The third-order valence-electron chi connectivity index (χ3n) is 3.60. The van der Waals surface area contributed by atoms with Crippen LogP contribution in [0.3, 0.4) is 0 Å². The van der Waals surface area contributed by atoms with Crippen molar-refractivity contribution < 1.29 is 4.79 Å². The molecule has 108 valence electrons. The number of hydrogen-bond acceptors (Lipinski definition) is 3. The summed E-state index contributed by atoms with van der Waals surface area (Å²) in [6, 6.07) is 8.51. The number of piperazine rings is 1. The summed E-state index contributed by atoms with van der Waals surface area (Å²) < 4.78 is 0. The average Bonchev–Trinajstić information content (AvgIpc) is 2.46. The van der Waals surface area contributed by atoms with Crippen molar-refractivity contribution in [2.45, 2.75) is 19.4 Å². The van der Waals surface area contributed by atoms with E-state index in [2.05, 4.69) is 34.2 Å². The second-order valence-electron chi connectivity index (χ2n) is 5.13. The molecule has 0 aliphatic carbocycles. The highest BCUT2D eigenvalue weighted by molar-refractivity contribution is 5.88. The lowest BCUT2D eigenvalue weighted by Gasteiger charge is -2.34. The molecule has 1 heterocycles. The van der Waals surface area contributed by atoms with Gasteiger partial charge in [0.05, 0.1) is 0 Å². The summed E-state index contributed by atoms with van der Waals surface area (Å²) in [5.74, 6) is -0.0394. The van der Waals surface area contributed by atoms with E-state index in [1.807, 2.05) is 18.2 Å². The fourth-order valence-electron chi connectivity index (χ4n) is 2.64. The molecule has 0 aromatic heterocycles. The monoisotopic (exact) mass is 273 g/mol. The predicted octanol–water partition coefficient (Wildman–Crippen LogP) is 2.17. The molecule has 20 heavy (non-hydrogen) atoms. The first-order valence-electron chi connectivity index (χ1n) is 7.14. The summed E-state index contributed by atoms with van der Waals surface area (Å²) >= 11 is 0. The number of hydrogen-bond donors (Lipinski definition) is 2. The Morgan fingerprint density at radius 3 is 2.60 bits per heavy atom. The van der Waals surface area contributed by atoms with E-state index in [9.17, 15) is 4.79 Å². The molecule has 0 radical (unpaired) electrons. The Kier molecular flexibility index (Phi) is 5.32. The lowest BCUT2D eigenvalue weighted by atomic mass is 10.0. The lowest BCUT2D eigenvalue weighted by molar-refractivity contribution is -0.114. The minimum absolute atomic E-state index is 0.0394. The standard InChI is InChI=1S/C16H23N3O/c1-3-4-16(19-11-9-17-10-12-19)14-5-7-15(8-6-14)18-13(2)20/h3,5-8,16-17H,1,4,9-12H2,2H3,(H,18,20)/t16-/m1/s1. The van der Waals surface area contributed by atoms with Gasteiger partial charge in [0, 0.05) is 44.8 Å². The maximum absolute atomic E-state index is 11.0. The van der Waals surface area contributed by atoms with Gasteiger partial charge in [-0.3, -0.25) is 9.69 Å². The van der Waals surface area contributed by atoms with E-state index in [1.54, 1.807) is 0 Å². The van der Waals surface area contributed by atoms with Gasteiger partial charge in [0.15, 0.2) is 0 Å². The number of amides is 1. The van der Waals surface area contributed by atoms with E-state index in [4.69, 9.17) is 0 Å². The van der Waals surface area contributed by atoms with Gasteiger partial charge < -0.3 is 10.6 Å². The van der Waals surface area contributed by atoms with Gasteiger partial charge >= 0.3 is 0 Å². The molecule has 4 nitrogen and oxygen atoms in total. The van der Waals surface area contributed by atoms with Crippen molar-refractivity contribution in [1.82, 2.24) is 10.2 Å². The third kappa shape index (κ3) is 3.92. The van der Waals surface area contributed by atoms with Gasteiger partial charge in [-0.05, 0) is 24.1 Å². The SMILES string of the molecule is C=CC[C@H](c1ccc(NC(C)=O)cc1)N1CCNCC1. The van der Waals surface area contributed by atoms with Gasteiger partial charge in [-0.1, -0.05) is 18.2 Å². The molecule has 1 atom stereocenters. The molecule has 0 unspecified atom stereocenters. The van der Waals surface area contributed by atoms with E-state index in [-0.39, 0.29) is 5.91 Å². The van der Waals surface area contributed by atoms with Crippen molar-refractivity contribution in [1.29, 1.82) is 0 Å². The molecule has 4 heteroatoms. The minimum atomic E-state index is -0.0394. The van der Waals surface area contributed by atoms with Gasteiger partial charge in [-0.25, -0.2) is 0 Å². The summed E-state index contributed by atoms with van der Waals surface area (Å²) in [5.41, 5.74) is 2.12. The largest absolute Gasteiger partial charge is 0.326 e. The highest BCUT2D eigenvalue weighted by Crippen LogP contribution is 2.26. The van der Waals surface area contributed by atoms with Crippen LogP contribution in [-0.2, 0) is 4.79 Å². The first-order chi connectivity index (χ1) is 9.70. The van der Waals surface area contributed by atoms with Gasteiger partial charge in [0.2, 0.25) is 5.91 Å². The van der Waals surface area contributed by atoms with E-state index < -0.39 is 0 Å². The van der Waals surface area contributed by atoms with Crippen LogP contribution in [-0.4, -0.2) is 37.0 Å². The van der Waals surface area contributed by atoms with Crippen LogP contribution < -0.4 is 10.6 Å². The van der Waals surface area contributed by atoms with E-state index in [0.717, 1.165) is 38.3 Å². The number of anilines is 1. The zero-order valence-corrected chi connectivity index (χ0v) is 12.1. The molecule has 0 spiro atoms. The third-order valence-corrected chi connectivity index (χ3v) is 3.60. The van der Waals surface area contributed by atoms with Gasteiger partial charge in [-0.15, -0.1) is 6.58 Å². The maximum atomic E-state index is 11.0. The summed E-state index contributed by atoms with van der Waals surface area (Å²) in [4.78, 5) is 13.5. The smallest absolute Gasteiger partial charge is 0.221 e. The molecule has 1 aromatic carbocycles. The first kappa shape index (κ1) is 14.8. The van der Waals surface area contributed by atoms with Crippen LogP contribution in [0.2, 0.25) is 0 Å². The number of carbonyl (C=O) groups is 1. The van der Waals surface area contributed by atoms with Crippen molar-refractivity contribution in [2.75, 3.05) is 31.5 Å². The molecule has 1 aliphatic rings. The lowest BCUT2D eigenvalue weighted by Crippen LogP contribution is -2.45. The zero-order valence-electron chi connectivity index (χ0n) is 12.1. The van der Waals surface area contributed by atoms with Crippen molar-refractivity contribution in [2.24, 2.45) is 0 Å². The summed E-state index contributed by atoms with van der Waals surface area (Å²) in [6.07, 6.45) is 2.92. The first-order valence-corrected chi connectivity index (χ1v) is 7.14. The Labute approximate surface area is 120 Å². The van der Waals surface area contributed by atoms with Crippen LogP contribution in [0.5, 0.6) is 0 Å². The number of rotatable bonds is 5.